The van der Waals surface area contributed by atoms with E-state index in [4.69, 9.17) is 22.1 Å². The number of para-hydroxylation sites is 1. The number of hydrogen-bond donors (Lipinski definition) is 1. The van der Waals surface area contributed by atoms with Gasteiger partial charge >= 0.3 is 0 Å². The van der Waals surface area contributed by atoms with Gasteiger partial charge in [-0.15, -0.1) is 11.8 Å². The van der Waals surface area contributed by atoms with Crippen molar-refractivity contribution in [3.63, 3.8) is 0 Å². The minimum absolute atomic E-state index is 0.0857. The molecule has 0 aliphatic rings. The molecule has 2 aromatic carbocycles. The van der Waals surface area contributed by atoms with E-state index in [-0.39, 0.29) is 6.04 Å². The van der Waals surface area contributed by atoms with Gasteiger partial charge in [-0.05, 0) is 18.2 Å². The van der Waals surface area contributed by atoms with Gasteiger partial charge in [0.25, 0.3) is 0 Å². The van der Waals surface area contributed by atoms with Crippen LogP contribution >= 0.6 is 23.4 Å². The second-order valence-corrected chi connectivity index (χ2v) is 5.56. The van der Waals surface area contributed by atoms with Crippen LogP contribution in [-0.2, 0) is 0 Å². The average molecular weight is 294 g/mol. The van der Waals surface area contributed by atoms with Gasteiger partial charge in [-0.1, -0.05) is 41.9 Å². The van der Waals surface area contributed by atoms with Crippen molar-refractivity contribution < 1.29 is 4.74 Å². The molecule has 0 aromatic heterocycles. The first-order valence-corrected chi connectivity index (χ1v) is 7.34. The zero-order valence-electron chi connectivity index (χ0n) is 10.7. The topological polar surface area (TPSA) is 35.2 Å². The summed E-state index contributed by atoms with van der Waals surface area (Å²) in [6.45, 7) is 0. The number of nitrogens with two attached hydrogens (primary N) is 1. The van der Waals surface area contributed by atoms with E-state index >= 15 is 0 Å². The van der Waals surface area contributed by atoms with Crippen LogP contribution in [0.4, 0.5) is 0 Å². The minimum Gasteiger partial charge on any atom is -0.496 e. The van der Waals surface area contributed by atoms with Crippen LogP contribution in [0.3, 0.4) is 0 Å². The van der Waals surface area contributed by atoms with Crippen LogP contribution in [0.5, 0.6) is 5.75 Å². The molecular formula is C15H16ClNOS. The molecule has 0 heterocycles. The molecule has 2 rings (SSSR count). The fourth-order valence-corrected chi connectivity index (χ4v) is 3.02. The van der Waals surface area contributed by atoms with E-state index in [0.717, 1.165) is 27.0 Å². The highest BCUT2D eigenvalue weighted by Gasteiger charge is 2.12. The Morgan fingerprint density at radius 2 is 1.84 bits per heavy atom. The summed E-state index contributed by atoms with van der Waals surface area (Å²) in [6.07, 6.45) is 0. The van der Waals surface area contributed by atoms with Crippen LogP contribution in [-0.4, -0.2) is 12.9 Å². The monoisotopic (exact) mass is 293 g/mol. The first-order valence-electron chi connectivity index (χ1n) is 5.98. The Hall–Kier alpha value is -1.16. The Morgan fingerprint density at radius 3 is 2.58 bits per heavy atom. The number of methoxy groups -OCH3 is 1. The van der Waals surface area contributed by atoms with Crippen LogP contribution in [0.15, 0.2) is 53.4 Å². The van der Waals surface area contributed by atoms with Crippen molar-refractivity contribution in [3.8, 4) is 5.75 Å². The van der Waals surface area contributed by atoms with Gasteiger partial charge in [0.15, 0.2) is 0 Å². The maximum atomic E-state index is 6.23. The smallest absolute Gasteiger partial charge is 0.123 e. The Balaban J connectivity index is 2.05. The SMILES string of the molecule is COc1ccccc1C(N)CSc1ccccc1Cl. The molecule has 100 valence electrons. The van der Waals surface area contributed by atoms with Gasteiger partial charge in [-0.3, -0.25) is 0 Å². The Kier molecular flexibility index (Phi) is 5.14. The molecule has 0 bridgehead atoms. The van der Waals surface area contributed by atoms with Gasteiger partial charge in [0, 0.05) is 22.3 Å². The van der Waals surface area contributed by atoms with Gasteiger partial charge in [0.05, 0.1) is 12.1 Å². The molecule has 0 radical (unpaired) electrons. The maximum Gasteiger partial charge on any atom is 0.123 e. The summed E-state index contributed by atoms with van der Waals surface area (Å²) in [5, 5.41) is 0.764. The number of benzene rings is 2. The van der Waals surface area contributed by atoms with Crippen molar-refractivity contribution in [2.75, 3.05) is 12.9 Å². The van der Waals surface area contributed by atoms with Gasteiger partial charge in [0.2, 0.25) is 0 Å². The van der Waals surface area contributed by atoms with Crippen molar-refractivity contribution in [3.05, 3.63) is 59.1 Å². The molecule has 0 saturated heterocycles. The van der Waals surface area contributed by atoms with Crippen molar-refractivity contribution in [1.29, 1.82) is 0 Å². The fourth-order valence-electron chi connectivity index (χ4n) is 1.80. The second kappa shape index (κ2) is 6.85. The number of ether oxygens (including phenoxy) is 1. The molecule has 19 heavy (non-hydrogen) atoms. The first kappa shape index (κ1) is 14.3. The Morgan fingerprint density at radius 1 is 1.16 bits per heavy atom. The predicted octanol–water partition coefficient (Wildman–Crippen LogP) is 4.14. The van der Waals surface area contributed by atoms with Crippen LogP contribution in [0.1, 0.15) is 11.6 Å². The van der Waals surface area contributed by atoms with E-state index in [1.165, 1.54) is 0 Å². The molecule has 4 heteroatoms. The van der Waals surface area contributed by atoms with Crippen LogP contribution in [0.25, 0.3) is 0 Å². The average Bonchev–Trinajstić information content (AvgIpc) is 2.46. The molecule has 0 amide bonds. The summed E-state index contributed by atoms with van der Waals surface area (Å²) < 4.78 is 5.33. The van der Waals surface area contributed by atoms with Crippen LogP contribution in [0, 0.1) is 0 Å². The van der Waals surface area contributed by atoms with E-state index in [1.54, 1.807) is 18.9 Å². The molecule has 0 saturated carbocycles. The summed E-state index contributed by atoms with van der Waals surface area (Å²) >= 11 is 7.78. The third kappa shape index (κ3) is 3.66. The number of hydrogen-bond acceptors (Lipinski definition) is 3. The molecular weight excluding hydrogens is 278 g/mol. The van der Waals surface area contributed by atoms with E-state index in [9.17, 15) is 0 Å². The summed E-state index contributed by atoms with van der Waals surface area (Å²) in [6, 6.07) is 15.5. The van der Waals surface area contributed by atoms with E-state index in [2.05, 4.69) is 0 Å². The van der Waals surface area contributed by atoms with Crippen molar-refractivity contribution in [2.45, 2.75) is 10.9 Å². The number of thioether (sulfide) groups is 1. The van der Waals surface area contributed by atoms with Crippen LogP contribution < -0.4 is 10.5 Å². The quantitative estimate of drug-likeness (QED) is 0.842. The van der Waals surface area contributed by atoms with Crippen molar-refractivity contribution in [2.24, 2.45) is 5.73 Å². The first-order chi connectivity index (χ1) is 9.22. The van der Waals surface area contributed by atoms with Crippen LogP contribution in [0.2, 0.25) is 5.02 Å². The van der Waals surface area contributed by atoms with Gasteiger partial charge in [0.1, 0.15) is 5.75 Å². The normalized spacial score (nSPS) is 12.2. The lowest BCUT2D eigenvalue weighted by Gasteiger charge is -2.15. The number of halogens is 1. The molecule has 2 N–H and O–H groups in total. The van der Waals surface area contributed by atoms with Gasteiger partial charge in [-0.25, -0.2) is 0 Å². The summed E-state index contributed by atoms with van der Waals surface area (Å²) in [5.41, 5.74) is 7.24. The Bertz CT molecular complexity index is 547. The predicted molar refractivity (Wildman–Crippen MR) is 82.1 cm³/mol. The van der Waals surface area contributed by atoms with Crippen molar-refractivity contribution in [1.82, 2.24) is 0 Å². The molecule has 2 nitrogen and oxygen atoms in total. The van der Waals surface area contributed by atoms with E-state index in [0.29, 0.717) is 0 Å². The maximum absolute atomic E-state index is 6.23. The second-order valence-electron chi connectivity index (χ2n) is 4.09. The molecule has 0 aliphatic carbocycles. The molecule has 1 atom stereocenters. The molecule has 0 spiro atoms. The molecule has 0 fully saturated rings. The minimum atomic E-state index is -0.0857. The summed E-state index contributed by atoms with van der Waals surface area (Å²) in [4.78, 5) is 1.05. The number of rotatable bonds is 5. The molecule has 1 unspecified atom stereocenters. The highest BCUT2D eigenvalue weighted by atomic mass is 35.5. The molecule has 0 aliphatic heterocycles. The third-order valence-corrected chi connectivity index (χ3v) is 4.43. The van der Waals surface area contributed by atoms with Gasteiger partial charge < -0.3 is 10.5 Å². The Labute approximate surface area is 122 Å². The third-order valence-electron chi connectivity index (χ3n) is 2.79. The van der Waals surface area contributed by atoms with E-state index < -0.39 is 0 Å². The highest BCUT2D eigenvalue weighted by molar-refractivity contribution is 7.99. The standard InChI is InChI=1S/C15H16ClNOS/c1-18-14-8-4-2-6-11(14)13(17)10-19-15-9-5-3-7-12(15)16/h2-9,13H,10,17H2,1H3. The molecule has 2 aromatic rings. The lowest BCUT2D eigenvalue weighted by molar-refractivity contribution is 0.407. The van der Waals surface area contributed by atoms with Gasteiger partial charge in [-0.2, -0.15) is 0 Å². The largest absolute Gasteiger partial charge is 0.496 e. The summed E-state index contributed by atoms with van der Waals surface area (Å²) in [7, 11) is 1.66. The zero-order chi connectivity index (χ0) is 13.7. The lowest BCUT2D eigenvalue weighted by Crippen LogP contribution is -2.14. The lowest BCUT2D eigenvalue weighted by atomic mass is 10.1. The fraction of sp³-hybridized carbons (Fsp3) is 0.200. The van der Waals surface area contributed by atoms with Crippen molar-refractivity contribution >= 4 is 23.4 Å². The highest BCUT2D eigenvalue weighted by Crippen LogP contribution is 2.31. The summed E-state index contributed by atoms with van der Waals surface area (Å²) in [5.74, 6) is 1.58. The zero-order valence-corrected chi connectivity index (χ0v) is 12.2. The van der Waals surface area contributed by atoms with E-state index in [1.807, 2.05) is 48.5 Å².